The summed E-state index contributed by atoms with van der Waals surface area (Å²) in [5.74, 6) is -0.0197. The normalized spacial score (nSPS) is 10.5. The molecule has 2 heterocycles. The summed E-state index contributed by atoms with van der Waals surface area (Å²) in [7, 11) is 0. The van der Waals surface area contributed by atoms with Crippen LogP contribution in [0.2, 0.25) is 0 Å². The lowest BCUT2D eigenvalue weighted by Gasteiger charge is -2.19. The molecule has 6 nitrogen and oxygen atoms in total. The van der Waals surface area contributed by atoms with Gasteiger partial charge < -0.3 is 14.6 Å². The van der Waals surface area contributed by atoms with Crippen molar-refractivity contribution in [1.29, 1.82) is 0 Å². The average molecular weight is 335 g/mol. The molecule has 0 saturated carbocycles. The summed E-state index contributed by atoms with van der Waals surface area (Å²) in [6.07, 6.45) is 3.20. The van der Waals surface area contributed by atoms with Crippen molar-refractivity contribution in [2.24, 2.45) is 0 Å². The number of hydrogen-bond acceptors (Lipinski definition) is 5. The second-order valence-corrected chi connectivity index (χ2v) is 6.03. The number of nitrogens with zero attached hydrogens (tertiary/aromatic N) is 2. The summed E-state index contributed by atoms with van der Waals surface area (Å²) >= 11 is 1.38. The van der Waals surface area contributed by atoms with Gasteiger partial charge in [0.1, 0.15) is 10.7 Å². The van der Waals surface area contributed by atoms with E-state index in [1.807, 2.05) is 13.8 Å². The molecule has 1 N–H and O–H groups in total. The summed E-state index contributed by atoms with van der Waals surface area (Å²) in [6, 6.07) is 3.34. The number of furan rings is 1. The quantitative estimate of drug-likeness (QED) is 0.805. The third-order valence-electron chi connectivity index (χ3n) is 3.16. The highest BCUT2D eigenvalue weighted by molar-refractivity contribution is 7.09. The Morgan fingerprint density at radius 3 is 2.83 bits per heavy atom. The van der Waals surface area contributed by atoms with E-state index >= 15 is 0 Å². The number of amides is 2. The SMILES string of the molecule is CCCNC(=O)c1csc(CN(CCC)C(=O)c2ccco2)n1. The molecule has 0 spiro atoms. The van der Waals surface area contributed by atoms with E-state index < -0.39 is 0 Å². The first kappa shape index (κ1) is 17.2. The van der Waals surface area contributed by atoms with Crippen molar-refractivity contribution in [3.05, 3.63) is 40.2 Å². The van der Waals surface area contributed by atoms with Gasteiger partial charge in [-0.3, -0.25) is 9.59 Å². The minimum absolute atomic E-state index is 0.163. The summed E-state index contributed by atoms with van der Waals surface area (Å²) in [5, 5.41) is 5.26. The van der Waals surface area contributed by atoms with Crippen molar-refractivity contribution in [1.82, 2.24) is 15.2 Å². The van der Waals surface area contributed by atoms with E-state index in [9.17, 15) is 9.59 Å². The number of thiazole rings is 1. The molecule has 0 saturated heterocycles. The molecule has 124 valence electrons. The highest BCUT2D eigenvalue weighted by atomic mass is 32.1. The van der Waals surface area contributed by atoms with Crippen LogP contribution in [0.15, 0.2) is 28.2 Å². The molecule has 0 unspecified atom stereocenters. The van der Waals surface area contributed by atoms with E-state index in [4.69, 9.17) is 4.42 Å². The smallest absolute Gasteiger partial charge is 0.289 e. The van der Waals surface area contributed by atoms with Crippen LogP contribution < -0.4 is 5.32 Å². The first-order valence-electron chi connectivity index (χ1n) is 7.71. The van der Waals surface area contributed by atoms with Crippen LogP contribution in [-0.4, -0.2) is 34.8 Å². The number of nitrogens with one attached hydrogen (secondary N) is 1. The van der Waals surface area contributed by atoms with Gasteiger partial charge >= 0.3 is 0 Å². The second kappa shape index (κ2) is 8.47. The highest BCUT2D eigenvalue weighted by Gasteiger charge is 2.20. The summed E-state index contributed by atoms with van der Waals surface area (Å²) in [5.41, 5.74) is 0.403. The van der Waals surface area contributed by atoms with E-state index in [-0.39, 0.29) is 11.8 Å². The largest absolute Gasteiger partial charge is 0.459 e. The molecule has 2 rings (SSSR count). The fourth-order valence-corrected chi connectivity index (χ4v) is 2.85. The molecule has 2 amide bonds. The first-order chi connectivity index (χ1) is 11.2. The molecule has 23 heavy (non-hydrogen) atoms. The van der Waals surface area contributed by atoms with Gasteiger partial charge in [0.2, 0.25) is 0 Å². The summed E-state index contributed by atoms with van der Waals surface area (Å²) in [6.45, 7) is 5.61. The predicted octanol–water partition coefficient (Wildman–Crippen LogP) is 2.93. The summed E-state index contributed by atoms with van der Waals surface area (Å²) < 4.78 is 5.18. The van der Waals surface area contributed by atoms with Crippen LogP contribution in [0.5, 0.6) is 0 Å². The van der Waals surface area contributed by atoms with Crippen molar-refractivity contribution in [2.45, 2.75) is 33.2 Å². The van der Waals surface area contributed by atoms with Crippen molar-refractivity contribution in [3.8, 4) is 0 Å². The Kier molecular flexibility index (Phi) is 6.34. The third-order valence-corrected chi connectivity index (χ3v) is 3.99. The van der Waals surface area contributed by atoms with Gasteiger partial charge in [-0.25, -0.2) is 4.98 Å². The number of aromatic nitrogens is 1. The van der Waals surface area contributed by atoms with Crippen molar-refractivity contribution >= 4 is 23.2 Å². The van der Waals surface area contributed by atoms with E-state index in [1.165, 1.54) is 17.6 Å². The van der Waals surface area contributed by atoms with Gasteiger partial charge in [0, 0.05) is 18.5 Å². The molecule has 0 aliphatic heterocycles. The van der Waals surface area contributed by atoms with Gasteiger partial charge in [0.25, 0.3) is 11.8 Å². The molecule has 2 aromatic rings. The maximum Gasteiger partial charge on any atom is 0.289 e. The molecule has 7 heteroatoms. The fraction of sp³-hybridized carbons (Fsp3) is 0.438. The van der Waals surface area contributed by atoms with Gasteiger partial charge in [0.05, 0.1) is 12.8 Å². The van der Waals surface area contributed by atoms with Crippen LogP contribution in [0.25, 0.3) is 0 Å². The lowest BCUT2D eigenvalue weighted by molar-refractivity contribution is 0.0711. The molecule has 0 fully saturated rings. The number of carbonyl (C=O) groups excluding carboxylic acids is 2. The van der Waals surface area contributed by atoms with Gasteiger partial charge in [-0.15, -0.1) is 11.3 Å². The van der Waals surface area contributed by atoms with Crippen LogP contribution in [0.1, 0.15) is 52.7 Å². The molecular formula is C16H21N3O3S. The maximum atomic E-state index is 12.4. The van der Waals surface area contributed by atoms with Gasteiger partial charge in [-0.2, -0.15) is 0 Å². The van der Waals surface area contributed by atoms with Crippen LogP contribution >= 0.6 is 11.3 Å². The molecule has 0 aliphatic rings. The van der Waals surface area contributed by atoms with Crippen LogP contribution in [0.4, 0.5) is 0 Å². The van der Waals surface area contributed by atoms with Gasteiger partial charge in [-0.1, -0.05) is 13.8 Å². The fourth-order valence-electron chi connectivity index (χ4n) is 2.06. The molecular weight excluding hydrogens is 314 g/mol. The highest BCUT2D eigenvalue weighted by Crippen LogP contribution is 2.15. The Morgan fingerprint density at radius 2 is 2.17 bits per heavy atom. The average Bonchev–Trinajstić information content (AvgIpc) is 3.23. The number of rotatable bonds is 8. The Labute approximate surface area is 139 Å². The first-order valence-corrected chi connectivity index (χ1v) is 8.59. The summed E-state index contributed by atoms with van der Waals surface area (Å²) in [4.78, 5) is 30.3. The Bertz CT molecular complexity index is 637. The third kappa shape index (κ3) is 4.66. The maximum absolute atomic E-state index is 12.4. The minimum Gasteiger partial charge on any atom is -0.459 e. The molecule has 0 radical (unpaired) electrons. The topological polar surface area (TPSA) is 75.4 Å². The second-order valence-electron chi connectivity index (χ2n) is 5.09. The molecule has 2 aromatic heterocycles. The lowest BCUT2D eigenvalue weighted by atomic mass is 10.3. The lowest BCUT2D eigenvalue weighted by Crippen LogP contribution is -2.31. The van der Waals surface area contributed by atoms with E-state index in [1.54, 1.807) is 22.4 Å². The zero-order chi connectivity index (χ0) is 16.7. The van der Waals surface area contributed by atoms with Crippen molar-refractivity contribution in [2.75, 3.05) is 13.1 Å². The van der Waals surface area contributed by atoms with Crippen molar-refractivity contribution < 1.29 is 14.0 Å². The van der Waals surface area contributed by atoms with Gasteiger partial charge in [0.15, 0.2) is 5.76 Å². The molecule has 0 atom stereocenters. The van der Waals surface area contributed by atoms with Crippen LogP contribution in [0.3, 0.4) is 0 Å². The van der Waals surface area contributed by atoms with Crippen molar-refractivity contribution in [3.63, 3.8) is 0 Å². The predicted molar refractivity (Wildman–Crippen MR) is 88.5 cm³/mol. The number of carbonyl (C=O) groups is 2. The zero-order valence-corrected chi connectivity index (χ0v) is 14.2. The number of hydrogen-bond donors (Lipinski definition) is 1. The van der Waals surface area contributed by atoms with E-state index in [0.29, 0.717) is 31.1 Å². The minimum atomic E-state index is -0.172. The Balaban J connectivity index is 2.04. The molecule has 0 aromatic carbocycles. The standard InChI is InChI=1S/C16H21N3O3S/c1-3-7-17-15(20)12-11-23-14(18-12)10-19(8-4-2)16(21)13-6-5-9-22-13/h5-6,9,11H,3-4,7-8,10H2,1-2H3,(H,17,20). The molecule has 0 aliphatic carbocycles. The van der Waals surface area contributed by atoms with E-state index in [0.717, 1.165) is 17.8 Å². The van der Waals surface area contributed by atoms with Gasteiger partial charge in [-0.05, 0) is 25.0 Å². The van der Waals surface area contributed by atoms with Crippen LogP contribution in [-0.2, 0) is 6.54 Å². The monoisotopic (exact) mass is 335 g/mol. The van der Waals surface area contributed by atoms with Crippen LogP contribution in [0, 0.1) is 0 Å². The van der Waals surface area contributed by atoms with E-state index in [2.05, 4.69) is 10.3 Å². The molecule has 0 bridgehead atoms. The zero-order valence-electron chi connectivity index (χ0n) is 13.4. The Morgan fingerprint density at radius 1 is 1.35 bits per heavy atom. The Hall–Kier alpha value is -2.15.